The van der Waals surface area contributed by atoms with Crippen LogP contribution in [0.3, 0.4) is 0 Å². The van der Waals surface area contributed by atoms with Crippen molar-refractivity contribution in [2.24, 2.45) is 0 Å². The van der Waals surface area contributed by atoms with Gasteiger partial charge in [0.05, 0.1) is 11.7 Å². The molecule has 3 heteroatoms. The zero-order valence-electron chi connectivity index (χ0n) is 8.22. The molecule has 0 saturated carbocycles. The fourth-order valence-electron chi connectivity index (χ4n) is 0.955. The van der Waals surface area contributed by atoms with Gasteiger partial charge in [-0.2, -0.15) is 0 Å². The minimum Gasteiger partial charge on any atom is -0.550 e. The molecular formula is C9H17O3-. The molecule has 0 N–H and O–H groups in total. The van der Waals surface area contributed by atoms with Gasteiger partial charge in [-0.3, -0.25) is 0 Å². The van der Waals surface area contributed by atoms with Crippen molar-refractivity contribution >= 4 is 5.97 Å². The lowest BCUT2D eigenvalue weighted by Crippen LogP contribution is -2.33. The normalized spacial score (nSPS) is 14.3. The predicted octanol–water partition coefficient (Wildman–Crippen LogP) is 0.720. The summed E-state index contributed by atoms with van der Waals surface area (Å²) in [4.78, 5) is 10.3. The minimum absolute atomic E-state index is 0.0201. The fraction of sp³-hybridized carbons (Fsp3) is 0.889. The maximum absolute atomic E-state index is 10.3. The molecule has 0 aliphatic heterocycles. The van der Waals surface area contributed by atoms with Gasteiger partial charge in [-0.15, -0.1) is 0 Å². The molecule has 0 spiro atoms. The van der Waals surface area contributed by atoms with Crippen LogP contribution in [0.2, 0.25) is 0 Å². The molecule has 72 valence electrons. The van der Waals surface area contributed by atoms with E-state index in [4.69, 9.17) is 4.74 Å². The number of hydrogen-bond donors (Lipinski definition) is 0. The van der Waals surface area contributed by atoms with Gasteiger partial charge in [0.15, 0.2) is 0 Å². The van der Waals surface area contributed by atoms with E-state index in [2.05, 4.69) is 0 Å². The lowest BCUT2D eigenvalue weighted by molar-refractivity contribution is -0.308. The van der Waals surface area contributed by atoms with Crippen LogP contribution >= 0.6 is 0 Å². The standard InChI is InChI=1S/C9H18O3/c1-5-7(6-8(10)11)12-9(2,3)4/h7H,5-6H2,1-4H3,(H,10,11)/p-1. The van der Waals surface area contributed by atoms with Gasteiger partial charge >= 0.3 is 0 Å². The molecule has 0 aromatic heterocycles. The number of carbonyl (C=O) groups is 1. The molecule has 0 fully saturated rings. The zero-order valence-corrected chi connectivity index (χ0v) is 8.22. The average Bonchev–Trinajstić information content (AvgIpc) is 1.82. The van der Waals surface area contributed by atoms with E-state index in [0.29, 0.717) is 6.42 Å². The molecule has 0 aromatic carbocycles. The Hall–Kier alpha value is -0.570. The third-order valence-corrected chi connectivity index (χ3v) is 1.37. The monoisotopic (exact) mass is 173 g/mol. The van der Waals surface area contributed by atoms with Crippen LogP contribution in [0.15, 0.2) is 0 Å². The van der Waals surface area contributed by atoms with Crippen molar-refractivity contribution in [3.05, 3.63) is 0 Å². The van der Waals surface area contributed by atoms with Crippen molar-refractivity contribution in [2.75, 3.05) is 0 Å². The Balaban J connectivity index is 3.92. The Kier molecular flexibility index (Phi) is 4.24. The highest BCUT2D eigenvalue weighted by molar-refractivity contribution is 5.64. The summed E-state index contributed by atoms with van der Waals surface area (Å²) < 4.78 is 5.48. The Labute approximate surface area is 73.7 Å². The minimum atomic E-state index is -1.05. The molecule has 1 unspecified atom stereocenters. The summed E-state index contributed by atoms with van der Waals surface area (Å²) in [6, 6.07) is 0. The zero-order chi connectivity index (χ0) is 9.78. The molecule has 0 radical (unpaired) electrons. The lowest BCUT2D eigenvalue weighted by Gasteiger charge is -2.27. The van der Waals surface area contributed by atoms with Gasteiger partial charge in [-0.1, -0.05) is 6.92 Å². The smallest absolute Gasteiger partial charge is 0.0631 e. The maximum atomic E-state index is 10.3. The van der Waals surface area contributed by atoms with Crippen LogP contribution in [0.4, 0.5) is 0 Å². The van der Waals surface area contributed by atoms with Crippen molar-refractivity contribution < 1.29 is 14.6 Å². The lowest BCUT2D eigenvalue weighted by atomic mass is 10.1. The predicted molar refractivity (Wildman–Crippen MR) is 44.5 cm³/mol. The summed E-state index contributed by atoms with van der Waals surface area (Å²) in [6.07, 6.45) is 0.453. The van der Waals surface area contributed by atoms with E-state index in [1.807, 2.05) is 27.7 Å². The highest BCUT2D eigenvalue weighted by Crippen LogP contribution is 2.14. The van der Waals surface area contributed by atoms with Crippen molar-refractivity contribution in [3.63, 3.8) is 0 Å². The molecule has 0 bridgehead atoms. The molecule has 0 saturated heterocycles. The first-order chi connectivity index (χ1) is 5.35. The van der Waals surface area contributed by atoms with Crippen LogP contribution in [0.1, 0.15) is 40.5 Å². The maximum Gasteiger partial charge on any atom is 0.0631 e. The number of carboxylic acids is 1. The number of hydrogen-bond acceptors (Lipinski definition) is 3. The van der Waals surface area contributed by atoms with E-state index >= 15 is 0 Å². The third kappa shape index (κ3) is 6.16. The highest BCUT2D eigenvalue weighted by atomic mass is 16.5. The summed E-state index contributed by atoms with van der Waals surface area (Å²) in [7, 11) is 0. The van der Waals surface area contributed by atoms with Crippen LogP contribution in [0.5, 0.6) is 0 Å². The SMILES string of the molecule is CCC(CC(=O)[O-])OC(C)(C)C. The molecular weight excluding hydrogens is 156 g/mol. The van der Waals surface area contributed by atoms with E-state index in [0.717, 1.165) is 0 Å². The highest BCUT2D eigenvalue weighted by Gasteiger charge is 2.17. The van der Waals surface area contributed by atoms with Crippen LogP contribution in [-0.4, -0.2) is 17.7 Å². The molecule has 0 aromatic rings. The van der Waals surface area contributed by atoms with Crippen molar-refractivity contribution in [1.29, 1.82) is 0 Å². The van der Waals surface area contributed by atoms with Gasteiger partial charge in [0.2, 0.25) is 0 Å². The molecule has 0 aliphatic carbocycles. The van der Waals surface area contributed by atoms with Crippen LogP contribution < -0.4 is 5.11 Å². The quantitative estimate of drug-likeness (QED) is 0.629. The third-order valence-electron chi connectivity index (χ3n) is 1.37. The van der Waals surface area contributed by atoms with Crippen LogP contribution in [0.25, 0.3) is 0 Å². The largest absolute Gasteiger partial charge is 0.550 e. The second-order valence-electron chi connectivity index (χ2n) is 3.84. The molecule has 12 heavy (non-hydrogen) atoms. The second kappa shape index (κ2) is 4.45. The summed E-state index contributed by atoms with van der Waals surface area (Å²) in [6.45, 7) is 7.63. The number of rotatable bonds is 4. The van der Waals surface area contributed by atoms with E-state index < -0.39 is 5.97 Å². The Morgan fingerprint density at radius 2 is 2.00 bits per heavy atom. The summed E-state index contributed by atoms with van der Waals surface area (Å²) in [5.41, 5.74) is -0.282. The molecule has 0 rings (SSSR count). The fourth-order valence-corrected chi connectivity index (χ4v) is 0.955. The van der Waals surface area contributed by atoms with Gasteiger partial charge in [0.1, 0.15) is 0 Å². The first-order valence-corrected chi connectivity index (χ1v) is 4.23. The first-order valence-electron chi connectivity index (χ1n) is 4.23. The van der Waals surface area contributed by atoms with Crippen molar-refractivity contribution in [3.8, 4) is 0 Å². The summed E-state index contributed by atoms with van der Waals surface area (Å²) in [5, 5.41) is 10.3. The molecule has 3 nitrogen and oxygen atoms in total. The molecule has 1 atom stereocenters. The second-order valence-corrected chi connectivity index (χ2v) is 3.84. The molecule has 0 aliphatic rings. The van der Waals surface area contributed by atoms with E-state index in [-0.39, 0.29) is 18.1 Å². The van der Waals surface area contributed by atoms with Crippen LogP contribution in [0, 0.1) is 0 Å². The van der Waals surface area contributed by atoms with E-state index in [1.165, 1.54) is 0 Å². The number of aliphatic carboxylic acids is 1. The van der Waals surface area contributed by atoms with Gasteiger partial charge in [-0.05, 0) is 27.2 Å². The van der Waals surface area contributed by atoms with Gasteiger partial charge in [0.25, 0.3) is 0 Å². The molecule has 0 heterocycles. The Morgan fingerprint density at radius 1 is 1.50 bits per heavy atom. The first kappa shape index (κ1) is 11.4. The van der Waals surface area contributed by atoms with Gasteiger partial charge < -0.3 is 14.6 Å². The average molecular weight is 173 g/mol. The Morgan fingerprint density at radius 3 is 2.25 bits per heavy atom. The van der Waals surface area contributed by atoms with E-state index in [1.54, 1.807) is 0 Å². The summed E-state index contributed by atoms with van der Waals surface area (Å²) in [5.74, 6) is -1.05. The van der Waals surface area contributed by atoms with Crippen molar-refractivity contribution in [1.82, 2.24) is 0 Å². The number of ether oxygens (including phenoxy) is 1. The summed E-state index contributed by atoms with van der Waals surface area (Å²) >= 11 is 0. The number of carbonyl (C=O) groups excluding carboxylic acids is 1. The van der Waals surface area contributed by atoms with Crippen LogP contribution in [-0.2, 0) is 9.53 Å². The van der Waals surface area contributed by atoms with Crippen molar-refractivity contribution in [2.45, 2.75) is 52.2 Å². The van der Waals surface area contributed by atoms with Gasteiger partial charge in [-0.25, -0.2) is 0 Å². The Bertz CT molecular complexity index is 146. The van der Waals surface area contributed by atoms with Gasteiger partial charge in [0, 0.05) is 12.4 Å². The topological polar surface area (TPSA) is 49.4 Å². The molecule has 0 amide bonds. The van der Waals surface area contributed by atoms with E-state index in [9.17, 15) is 9.90 Å². The number of carboxylic acid groups (broad SMARTS) is 1.